The van der Waals surface area contributed by atoms with Gasteiger partial charge in [0.15, 0.2) is 0 Å². The largest absolute Gasteiger partial charge is 0.310 e. The van der Waals surface area contributed by atoms with Crippen LogP contribution >= 0.6 is 43.6 Å². The molecule has 20 heavy (non-hydrogen) atoms. The lowest BCUT2D eigenvalue weighted by atomic mass is 10.1. The lowest BCUT2D eigenvalue weighted by molar-refractivity contribution is 0.595. The Hall–Kier alpha value is -0.360. The molecule has 0 fully saturated rings. The summed E-state index contributed by atoms with van der Waals surface area (Å²) in [6, 6.07) is 10.7. The molecule has 0 saturated heterocycles. The monoisotopic (exact) mass is 414 g/mol. The van der Waals surface area contributed by atoms with Crippen molar-refractivity contribution in [2.24, 2.45) is 0 Å². The van der Waals surface area contributed by atoms with Crippen LogP contribution in [0, 0.1) is 0 Å². The first kappa shape index (κ1) is 16.0. The number of rotatable bonds is 5. The molecule has 5 heteroatoms. The summed E-state index contributed by atoms with van der Waals surface area (Å²) in [6.07, 6.45) is 1.81. The number of nitrogens with one attached hydrogen (secondary N) is 1. The van der Waals surface area contributed by atoms with Gasteiger partial charge in [-0.05, 0) is 59.2 Å². The minimum atomic E-state index is 0.343. The highest BCUT2D eigenvalue weighted by Gasteiger charge is 2.10. The Bertz CT molecular complexity index is 590. The van der Waals surface area contributed by atoms with Crippen LogP contribution in [0.2, 0.25) is 0 Å². The van der Waals surface area contributed by atoms with E-state index in [9.17, 15) is 0 Å². The fraction of sp³-hybridized carbons (Fsp3) is 0.267. The van der Waals surface area contributed by atoms with E-state index in [4.69, 9.17) is 0 Å². The predicted octanol–water partition coefficient (Wildman–Crippen LogP) is 5.43. The summed E-state index contributed by atoms with van der Waals surface area (Å²) < 4.78 is 2.15. The molecule has 1 aromatic carbocycles. The van der Waals surface area contributed by atoms with Gasteiger partial charge in [0, 0.05) is 21.6 Å². The molecule has 1 atom stereocenters. The highest BCUT2D eigenvalue weighted by molar-refractivity contribution is 9.10. The van der Waals surface area contributed by atoms with Crippen LogP contribution in [0.1, 0.15) is 25.5 Å². The zero-order valence-electron chi connectivity index (χ0n) is 11.4. The van der Waals surface area contributed by atoms with Crippen molar-refractivity contribution in [3.63, 3.8) is 0 Å². The fourth-order valence-corrected chi connectivity index (χ4v) is 4.08. The van der Waals surface area contributed by atoms with Gasteiger partial charge in [-0.3, -0.25) is 0 Å². The number of benzene rings is 1. The Morgan fingerprint density at radius 1 is 1.25 bits per heavy atom. The summed E-state index contributed by atoms with van der Waals surface area (Å²) in [5.74, 6) is 0. The third kappa shape index (κ3) is 4.07. The summed E-state index contributed by atoms with van der Waals surface area (Å²) in [4.78, 5) is 5.55. The summed E-state index contributed by atoms with van der Waals surface area (Å²) >= 11 is 8.84. The van der Waals surface area contributed by atoms with Crippen molar-refractivity contribution < 1.29 is 0 Å². The average Bonchev–Trinajstić information content (AvgIpc) is 2.42. The maximum Gasteiger partial charge on any atom is 0.115 e. The summed E-state index contributed by atoms with van der Waals surface area (Å²) in [6.45, 7) is 5.25. The topological polar surface area (TPSA) is 24.9 Å². The van der Waals surface area contributed by atoms with Crippen LogP contribution < -0.4 is 5.32 Å². The van der Waals surface area contributed by atoms with E-state index in [0.717, 1.165) is 20.5 Å². The molecule has 1 aromatic heterocycles. The number of nitrogens with zero attached hydrogens (tertiary/aromatic N) is 1. The van der Waals surface area contributed by atoms with E-state index in [2.05, 4.69) is 74.2 Å². The summed E-state index contributed by atoms with van der Waals surface area (Å²) in [5.41, 5.74) is 1.27. The Labute approximate surface area is 141 Å². The molecule has 2 rings (SSSR count). The van der Waals surface area contributed by atoms with Crippen LogP contribution in [0.3, 0.4) is 0 Å². The van der Waals surface area contributed by atoms with Gasteiger partial charge >= 0.3 is 0 Å². The van der Waals surface area contributed by atoms with Gasteiger partial charge < -0.3 is 5.32 Å². The van der Waals surface area contributed by atoms with Crippen LogP contribution in [0.25, 0.3) is 0 Å². The van der Waals surface area contributed by atoms with Crippen LogP contribution in [0.15, 0.2) is 55.4 Å². The van der Waals surface area contributed by atoms with Crippen LogP contribution in [0.5, 0.6) is 0 Å². The van der Waals surface area contributed by atoms with Gasteiger partial charge in [0.25, 0.3) is 0 Å². The van der Waals surface area contributed by atoms with E-state index in [1.54, 1.807) is 11.8 Å². The smallest absolute Gasteiger partial charge is 0.115 e. The molecule has 106 valence electrons. The zero-order valence-corrected chi connectivity index (χ0v) is 15.3. The molecule has 0 amide bonds. The van der Waals surface area contributed by atoms with Gasteiger partial charge in [0.05, 0.1) is 4.47 Å². The normalized spacial score (nSPS) is 12.4. The lowest BCUT2D eigenvalue weighted by Gasteiger charge is -2.15. The highest BCUT2D eigenvalue weighted by Crippen LogP contribution is 2.34. The van der Waals surface area contributed by atoms with Crippen molar-refractivity contribution in [1.29, 1.82) is 0 Å². The SMILES string of the molecule is CCNC(C)c1ccc(Sc2ncccc2Br)cc1Br. The summed E-state index contributed by atoms with van der Waals surface area (Å²) in [7, 11) is 0. The first-order valence-electron chi connectivity index (χ1n) is 6.43. The fourth-order valence-electron chi connectivity index (χ4n) is 1.90. The Kier molecular flexibility index (Phi) is 6.08. The summed E-state index contributed by atoms with van der Waals surface area (Å²) in [5, 5.41) is 4.40. The molecule has 2 nitrogen and oxygen atoms in total. The standard InChI is InChI=1S/C15H16Br2N2S/c1-3-18-10(2)12-7-6-11(9-14(12)17)20-15-13(16)5-4-8-19-15/h4-10,18H,3H2,1-2H3. The minimum absolute atomic E-state index is 0.343. The van der Waals surface area contributed by atoms with Gasteiger partial charge in [0.2, 0.25) is 0 Å². The maximum atomic E-state index is 4.38. The average molecular weight is 416 g/mol. The first-order valence-corrected chi connectivity index (χ1v) is 8.83. The third-order valence-corrected chi connectivity index (χ3v) is 5.49. The van der Waals surface area contributed by atoms with Crippen molar-refractivity contribution >= 4 is 43.6 Å². The molecular formula is C15H16Br2N2S. The minimum Gasteiger partial charge on any atom is -0.310 e. The first-order chi connectivity index (χ1) is 9.61. The Morgan fingerprint density at radius 3 is 2.70 bits per heavy atom. The highest BCUT2D eigenvalue weighted by atomic mass is 79.9. The van der Waals surface area contributed by atoms with E-state index >= 15 is 0 Å². The van der Waals surface area contributed by atoms with Gasteiger partial charge in [-0.15, -0.1) is 0 Å². The van der Waals surface area contributed by atoms with E-state index in [0.29, 0.717) is 6.04 Å². The Morgan fingerprint density at radius 2 is 2.05 bits per heavy atom. The second-order valence-electron chi connectivity index (χ2n) is 4.36. The lowest BCUT2D eigenvalue weighted by Crippen LogP contribution is -2.18. The Balaban J connectivity index is 2.19. The second kappa shape index (κ2) is 7.59. The van der Waals surface area contributed by atoms with Crippen LogP contribution in [-0.4, -0.2) is 11.5 Å². The molecule has 0 aliphatic carbocycles. The van der Waals surface area contributed by atoms with Gasteiger partial charge in [0.1, 0.15) is 5.03 Å². The van der Waals surface area contributed by atoms with Crippen molar-refractivity contribution in [3.05, 3.63) is 51.0 Å². The number of pyridine rings is 1. The van der Waals surface area contributed by atoms with Crippen molar-refractivity contribution in [1.82, 2.24) is 10.3 Å². The number of hydrogen-bond acceptors (Lipinski definition) is 3. The van der Waals surface area contributed by atoms with E-state index in [1.165, 1.54) is 10.5 Å². The number of hydrogen-bond donors (Lipinski definition) is 1. The van der Waals surface area contributed by atoms with Crippen molar-refractivity contribution in [3.8, 4) is 0 Å². The molecule has 0 spiro atoms. The number of aromatic nitrogens is 1. The van der Waals surface area contributed by atoms with E-state index in [1.807, 2.05) is 18.3 Å². The second-order valence-corrected chi connectivity index (χ2v) is 7.13. The molecule has 0 saturated carbocycles. The molecule has 0 aliphatic rings. The zero-order chi connectivity index (χ0) is 14.5. The van der Waals surface area contributed by atoms with Gasteiger partial charge in [-0.25, -0.2) is 4.98 Å². The van der Waals surface area contributed by atoms with Crippen molar-refractivity contribution in [2.45, 2.75) is 29.8 Å². The molecule has 0 aliphatic heterocycles. The maximum absolute atomic E-state index is 4.38. The molecular weight excluding hydrogens is 400 g/mol. The molecule has 0 bridgehead atoms. The van der Waals surface area contributed by atoms with Crippen molar-refractivity contribution in [2.75, 3.05) is 6.54 Å². The number of halogens is 2. The molecule has 1 unspecified atom stereocenters. The molecule has 2 aromatic rings. The van der Waals surface area contributed by atoms with E-state index in [-0.39, 0.29) is 0 Å². The molecule has 1 N–H and O–H groups in total. The molecule has 1 heterocycles. The third-order valence-electron chi connectivity index (χ3n) is 2.89. The van der Waals surface area contributed by atoms with Gasteiger partial charge in [-0.1, -0.05) is 40.7 Å². The quantitative estimate of drug-likeness (QED) is 0.704. The van der Waals surface area contributed by atoms with Crippen LogP contribution in [0.4, 0.5) is 0 Å². The van der Waals surface area contributed by atoms with Crippen LogP contribution in [-0.2, 0) is 0 Å². The van der Waals surface area contributed by atoms with Gasteiger partial charge in [-0.2, -0.15) is 0 Å². The van der Waals surface area contributed by atoms with E-state index < -0.39 is 0 Å². The predicted molar refractivity (Wildman–Crippen MR) is 92.3 cm³/mol. The molecule has 0 radical (unpaired) electrons.